The minimum absolute atomic E-state index is 0.262. The molecule has 0 radical (unpaired) electrons. The van der Waals surface area contributed by atoms with Crippen LogP contribution in [-0.2, 0) is 6.42 Å². The van der Waals surface area contributed by atoms with E-state index in [0.29, 0.717) is 39.5 Å². The van der Waals surface area contributed by atoms with Gasteiger partial charge in [0.15, 0.2) is 11.5 Å². The number of nitrogen functional groups attached to an aromatic ring is 1. The van der Waals surface area contributed by atoms with E-state index in [-0.39, 0.29) is 5.56 Å². The van der Waals surface area contributed by atoms with Crippen molar-refractivity contribution in [1.29, 1.82) is 0 Å². The molecular formula is C21H17ClFN7O. The van der Waals surface area contributed by atoms with Crippen LogP contribution in [0.15, 0.2) is 60.2 Å². The zero-order chi connectivity index (χ0) is 22.0. The number of hydrogen-bond donors (Lipinski definition) is 2. The maximum absolute atomic E-state index is 13.4. The van der Waals surface area contributed by atoms with Gasteiger partial charge in [0.25, 0.3) is 5.56 Å². The Morgan fingerprint density at radius 1 is 1.19 bits per heavy atom. The summed E-state index contributed by atoms with van der Waals surface area (Å²) in [6.07, 6.45) is 6.13. The highest BCUT2D eigenvalue weighted by Crippen LogP contribution is 2.22. The number of halogens is 2. The number of benzene rings is 1. The molecule has 5 aromatic rings. The average Bonchev–Trinajstić information content (AvgIpc) is 3.24. The van der Waals surface area contributed by atoms with Crippen LogP contribution in [0, 0.1) is 5.82 Å². The Bertz CT molecular complexity index is 1450. The Morgan fingerprint density at radius 2 is 2.03 bits per heavy atom. The van der Waals surface area contributed by atoms with Crippen molar-refractivity contribution < 1.29 is 4.39 Å². The first-order valence-electron chi connectivity index (χ1n) is 9.33. The van der Waals surface area contributed by atoms with Gasteiger partial charge < -0.3 is 10.7 Å². The highest BCUT2D eigenvalue weighted by molar-refractivity contribution is 6.35. The first-order valence-corrected chi connectivity index (χ1v) is 9.71. The van der Waals surface area contributed by atoms with Gasteiger partial charge in [-0.1, -0.05) is 30.7 Å². The number of nitrogens with two attached hydrogens (primary N) is 1. The summed E-state index contributed by atoms with van der Waals surface area (Å²) >= 11 is 6.15. The monoisotopic (exact) mass is 437 g/mol. The second-order valence-corrected chi connectivity index (χ2v) is 6.96. The number of rotatable bonds is 2. The molecule has 4 heterocycles. The largest absolute Gasteiger partial charge is 0.382 e. The lowest BCUT2D eigenvalue weighted by Gasteiger charge is -2.13. The van der Waals surface area contributed by atoms with E-state index in [0.717, 1.165) is 17.3 Å². The molecule has 0 aliphatic rings. The quantitative estimate of drug-likeness (QED) is 0.435. The average molecular weight is 438 g/mol. The summed E-state index contributed by atoms with van der Waals surface area (Å²) in [5.74, 6) is -0.0526. The number of hydrogen-bond acceptors (Lipinski definition) is 6. The summed E-state index contributed by atoms with van der Waals surface area (Å²) in [6.45, 7) is 1.94. The topological polar surface area (TPSA) is 115 Å². The summed E-state index contributed by atoms with van der Waals surface area (Å²) < 4.78 is 14.9. The molecule has 0 amide bonds. The van der Waals surface area contributed by atoms with E-state index in [9.17, 15) is 9.18 Å². The lowest BCUT2D eigenvalue weighted by molar-refractivity contribution is 0.619. The summed E-state index contributed by atoms with van der Waals surface area (Å²) in [5.41, 5.74) is 7.70. The molecule has 0 aliphatic carbocycles. The lowest BCUT2D eigenvalue weighted by Crippen LogP contribution is -2.22. The molecule has 8 nitrogen and oxygen atoms in total. The fraction of sp³-hybridized carbons (Fsp3) is 0.0952. The third-order valence-corrected chi connectivity index (χ3v) is 4.95. The predicted molar refractivity (Wildman–Crippen MR) is 118 cm³/mol. The third-order valence-electron chi connectivity index (χ3n) is 4.64. The number of anilines is 1. The van der Waals surface area contributed by atoms with Gasteiger partial charge in [0, 0.05) is 11.8 Å². The van der Waals surface area contributed by atoms with Crippen molar-refractivity contribution in [2.24, 2.45) is 0 Å². The number of fused-ring (bicyclic) bond motifs is 2. The first kappa shape index (κ1) is 20.4. The van der Waals surface area contributed by atoms with Crippen LogP contribution in [0.5, 0.6) is 0 Å². The number of aromatic nitrogens is 6. The number of imidazole rings is 1. The molecule has 4 aromatic heterocycles. The lowest BCUT2D eigenvalue weighted by atomic mass is 10.1. The minimum Gasteiger partial charge on any atom is -0.382 e. The van der Waals surface area contributed by atoms with Crippen molar-refractivity contribution in [2.75, 3.05) is 5.73 Å². The minimum atomic E-state index is -0.485. The zero-order valence-corrected chi connectivity index (χ0v) is 17.1. The van der Waals surface area contributed by atoms with E-state index in [2.05, 4.69) is 24.9 Å². The van der Waals surface area contributed by atoms with Gasteiger partial charge >= 0.3 is 0 Å². The second kappa shape index (κ2) is 8.49. The van der Waals surface area contributed by atoms with Gasteiger partial charge in [0.1, 0.15) is 17.7 Å². The van der Waals surface area contributed by atoms with Gasteiger partial charge in [-0.15, -0.1) is 0 Å². The van der Waals surface area contributed by atoms with E-state index in [1.54, 1.807) is 12.1 Å². The molecule has 0 saturated heterocycles. The Kier molecular flexibility index (Phi) is 5.59. The summed E-state index contributed by atoms with van der Waals surface area (Å²) in [5, 5.41) is 1.60. The van der Waals surface area contributed by atoms with Crippen LogP contribution < -0.4 is 11.3 Å². The van der Waals surface area contributed by atoms with Gasteiger partial charge in [-0.05, 0) is 23.9 Å². The van der Waals surface area contributed by atoms with Crippen LogP contribution >= 0.6 is 11.6 Å². The van der Waals surface area contributed by atoms with Gasteiger partial charge in [0.05, 0.1) is 34.8 Å². The van der Waals surface area contributed by atoms with E-state index >= 15 is 0 Å². The smallest absolute Gasteiger partial charge is 0.264 e. The fourth-order valence-corrected chi connectivity index (χ4v) is 3.49. The number of nitrogens with one attached hydrogen (secondary N) is 1. The Labute approximate surface area is 180 Å². The van der Waals surface area contributed by atoms with Gasteiger partial charge in [-0.25, -0.2) is 19.3 Å². The first-order chi connectivity index (χ1) is 15.0. The maximum Gasteiger partial charge on any atom is 0.264 e. The zero-order valence-electron chi connectivity index (χ0n) is 16.4. The normalized spacial score (nSPS) is 10.8. The highest BCUT2D eigenvalue weighted by Gasteiger charge is 2.13. The number of H-pyrrole nitrogens is 1. The second-order valence-electron chi connectivity index (χ2n) is 6.56. The number of aromatic amines is 1. The molecule has 5 rings (SSSR count). The third kappa shape index (κ3) is 3.95. The van der Waals surface area contributed by atoms with Crippen LogP contribution in [0.1, 0.15) is 12.6 Å². The molecule has 0 aliphatic heterocycles. The molecule has 0 bridgehead atoms. The summed E-state index contributed by atoms with van der Waals surface area (Å²) in [7, 11) is 0. The number of nitrogens with zero attached hydrogens (tertiary/aromatic N) is 5. The van der Waals surface area contributed by atoms with Crippen LogP contribution in [0.3, 0.4) is 0 Å². The molecular weight excluding hydrogens is 421 g/mol. The number of pyridine rings is 2. The molecule has 3 N–H and O–H groups in total. The van der Waals surface area contributed by atoms with Crippen molar-refractivity contribution in [1.82, 2.24) is 29.5 Å². The SMILES string of the molecule is CCc1cc2cccc(Cl)c2c(=O)n1-c1cncc(F)c1.Nc1ncnc2nc[nH]c12. The molecule has 1 aromatic carbocycles. The van der Waals surface area contributed by atoms with E-state index < -0.39 is 5.82 Å². The van der Waals surface area contributed by atoms with Crippen molar-refractivity contribution in [2.45, 2.75) is 13.3 Å². The summed E-state index contributed by atoms with van der Waals surface area (Å²) in [4.78, 5) is 30.9. The molecule has 0 unspecified atom stereocenters. The maximum atomic E-state index is 13.4. The molecule has 156 valence electrons. The predicted octanol–water partition coefficient (Wildman–Crippen LogP) is 3.68. The van der Waals surface area contributed by atoms with Crippen molar-refractivity contribution in [3.63, 3.8) is 0 Å². The standard InChI is InChI=1S/C16H12ClFN2O.C5H5N5/c1-2-12-6-10-4-3-5-14(17)15(10)16(21)20(12)13-7-11(18)8-19-9-13;6-4-3-5(9-1-7-3)10-2-8-4/h3-9H,2H2,1H3;1-2H,(H3,6,7,8,9,10). The Morgan fingerprint density at radius 3 is 2.77 bits per heavy atom. The molecule has 0 spiro atoms. The van der Waals surface area contributed by atoms with Crippen LogP contribution in [0.25, 0.3) is 27.6 Å². The van der Waals surface area contributed by atoms with Crippen LogP contribution in [0.2, 0.25) is 5.02 Å². The van der Waals surface area contributed by atoms with Crippen LogP contribution in [0.4, 0.5) is 10.2 Å². The van der Waals surface area contributed by atoms with Crippen molar-refractivity contribution in [3.8, 4) is 5.69 Å². The molecule has 10 heteroatoms. The molecule has 0 fully saturated rings. The highest BCUT2D eigenvalue weighted by atomic mass is 35.5. The Balaban J connectivity index is 0.000000192. The van der Waals surface area contributed by atoms with Gasteiger partial charge in [0.2, 0.25) is 0 Å². The fourth-order valence-electron chi connectivity index (χ4n) is 3.22. The van der Waals surface area contributed by atoms with E-state index in [1.165, 1.54) is 29.5 Å². The van der Waals surface area contributed by atoms with Gasteiger partial charge in [-0.3, -0.25) is 14.3 Å². The van der Waals surface area contributed by atoms with Crippen molar-refractivity contribution >= 4 is 39.4 Å². The van der Waals surface area contributed by atoms with Gasteiger partial charge in [-0.2, -0.15) is 0 Å². The summed E-state index contributed by atoms with van der Waals surface area (Å²) in [6, 6.07) is 8.50. The molecule has 0 saturated carbocycles. The Hall–Kier alpha value is -3.85. The molecule has 31 heavy (non-hydrogen) atoms. The van der Waals surface area contributed by atoms with Crippen LogP contribution in [-0.4, -0.2) is 29.5 Å². The number of aryl methyl sites for hydroxylation is 1. The molecule has 0 atom stereocenters. The van der Waals surface area contributed by atoms with Crippen molar-refractivity contribution in [3.05, 3.63) is 82.3 Å². The van der Waals surface area contributed by atoms with E-state index in [4.69, 9.17) is 17.3 Å². The van der Waals surface area contributed by atoms with E-state index in [1.807, 2.05) is 19.1 Å².